The number of nitrogens with zero attached hydrogens (tertiary/aromatic N) is 2. The van der Waals surface area contributed by atoms with Gasteiger partial charge < -0.3 is 15.2 Å². The number of carboxylic acids is 1. The fraction of sp³-hybridized carbons (Fsp3) is 0.167. The van der Waals surface area contributed by atoms with Gasteiger partial charge >= 0.3 is 5.97 Å². The molecule has 3 aromatic carbocycles. The van der Waals surface area contributed by atoms with E-state index in [0.717, 1.165) is 22.9 Å². The summed E-state index contributed by atoms with van der Waals surface area (Å²) in [5.41, 5.74) is -0.827. The smallest absolute Gasteiger partial charge is 0.338 e. The van der Waals surface area contributed by atoms with Crippen molar-refractivity contribution in [2.24, 2.45) is 0 Å². The Hall–Kier alpha value is -4.83. The highest BCUT2D eigenvalue weighted by Crippen LogP contribution is 2.33. The third kappa shape index (κ3) is 6.50. The molecule has 2 N–H and O–H groups in total. The van der Waals surface area contributed by atoms with Crippen molar-refractivity contribution in [1.29, 1.82) is 0 Å². The van der Waals surface area contributed by atoms with E-state index in [1.54, 1.807) is 37.3 Å². The van der Waals surface area contributed by atoms with E-state index in [2.05, 4.69) is 10.4 Å². The zero-order valence-electron chi connectivity index (χ0n) is 24.6. The number of benzene rings is 3. The lowest BCUT2D eigenvalue weighted by Crippen LogP contribution is -2.36. The number of Topliss-reactive ketones (excluding diaryl/α,β-unsaturated/α-hetero) is 1. The number of nitrogens with one attached hydrogen (secondary N) is 1. The number of carbonyl (C=O) groups is 3. The monoisotopic (exact) mass is 580 g/mol. The summed E-state index contributed by atoms with van der Waals surface area (Å²) in [7, 11) is -3.04. The summed E-state index contributed by atoms with van der Waals surface area (Å²) in [4.78, 5) is 51.1. The highest BCUT2D eigenvalue weighted by atomic mass is 35.5. The minimum Gasteiger partial charge on any atom is -0.480 e. The Morgan fingerprint density at radius 3 is 2.46 bits per heavy atom. The molecule has 0 unspecified atom stereocenters. The molecule has 0 aliphatic rings. The largest absolute Gasteiger partial charge is 0.480 e. The lowest BCUT2D eigenvalue weighted by atomic mass is 9.97. The second kappa shape index (κ2) is 12.6. The zero-order valence-corrected chi connectivity index (χ0v) is 22.3. The first-order valence-electron chi connectivity index (χ1n) is 13.8. The molecule has 11 heteroatoms. The first-order chi connectivity index (χ1) is 20.8. The van der Waals surface area contributed by atoms with Crippen molar-refractivity contribution < 1.29 is 32.7 Å². The fourth-order valence-electron chi connectivity index (χ4n) is 4.24. The van der Waals surface area contributed by atoms with Gasteiger partial charge in [0, 0.05) is 35.2 Å². The average Bonchev–Trinajstić information content (AvgIpc) is 2.96. The van der Waals surface area contributed by atoms with E-state index in [1.807, 2.05) is 0 Å². The molecule has 4 rings (SSSR count). The van der Waals surface area contributed by atoms with Crippen LogP contribution in [0.15, 0.2) is 77.6 Å². The number of ether oxygens (including phenoxy) is 1. The SMILES string of the molecule is [2H]C([2H])([2H])Oc1nn([C@@H](Cc2ccccc2)C(=O)Nc2ccc(C(=O)O)c(F)c2)c(=O)cc1-c1cc(Cl)ccc1C(=O)CC. The Bertz CT molecular complexity index is 1800. The number of methoxy groups -OCH3 is 1. The maximum absolute atomic E-state index is 14.3. The summed E-state index contributed by atoms with van der Waals surface area (Å²) in [5, 5.41) is 15.9. The molecule has 1 aromatic heterocycles. The third-order valence-electron chi connectivity index (χ3n) is 6.25. The average molecular weight is 581 g/mol. The van der Waals surface area contributed by atoms with Gasteiger partial charge in [-0.1, -0.05) is 48.9 Å². The summed E-state index contributed by atoms with van der Waals surface area (Å²) in [5.74, 6) is -4.32. The summed E-state index contributed by atoms with van der Waals surface area (Å²) in [6, 6.07) is 15.4. The molecule has 1 heterocycles. The van der Waals surface area contributed by atoms with E-state index in [9.17, 15) is 23.6 Å². The molecule has 41 heavy (non-hydrogen) atoms. The predicted octanol–water partition coefficient (Wildman–Crippen LogP) is 5.42. The summed E-state index contributed by atoms with van der Waals surface area (Å²) in [6.07, 6.45) is -0.0134. The number of aromatic nitrogens is 2. The Morgan fingerprint density at radius 2 is 1.80 bits per heavy atom. The van der Waals surface area contributed by atoms with Gasteiger partial charge in [-0.25, -0.2) is 13.9 Å². The number of hydrogen-bond donors (Lipinski definition) is 2. The molecule has 0 spiro atoms. The Morgan fingerprint density at radius 1 is 1.07 bits per heavy atom. The summed E-state index contributed by atoms with van der Waals surface area (Å²) in [6.45, 7) is 1.63. The third-order valence-corrected chi connectivity index (χ3v) is 6.48. The van der Waals surface area contributed by atoms with Crippen molar-refractivity contribution in [3.8, 4) is 17.0 Å². The molecule has 0 saturated carbocycles. The maximum Gasteiger partial charge on any atom is 0.338 e. The van der Waals surface area contributed by atoms with E-state index in [1.165, 1.54) is 24.3 Å². The number of carbonyl (C=O) groups excluding carboxylic acids is 2. The van der Waals surface area contributed by atoms with Gasteiger partial charge in [0.15, 0.2) is 5.78 Å². The quantitative estimate of drug-likeness (QED) is 0.240. The Labute approximate surface area is 243 Å². The van der Waals surface area contributed by atoms with Gasteiger partial charge in [-0.2, -0.15) is 0 Å². The number of ketones is 1. The van der Waals surface area contributed by atoms with Crippen LogP contribution < -0.4 is 15.6 Å². The van der Waals surface area contributed by atoms with Crippen molar-refractivity contribution in [2.75, 3.05) is 12.4 Å². The number of carboxylic acid groups (broad SMARTS) is 1. The number of aromatic carboxylic acids is 1. The Balaban J connectivity index is 1.88. The van der Waals surface area contributed by atoms with Crippen LogP contribution >= 0.6 is 11.6 Å². The molecule has 0 radical (unpaired) electrons. The molecular weight excluding hydrogens is 553 g/mol. The highest BCUT2D eigenvalue weighted by molar-refractivity contribution is 6.31. The number of halogens is 2. The minimum absolute atomic E-state index is 0.0964. The van der Waals surface area contributed by atoms with Gasteiger partial charge in [-0.05, 0) is 47.5 Å². The number of amides is 1. The molecule has 9 nitrogen and oxygen atoms in total. The van der Waals surface area contributed by atoms with Crippen LogP contribution in [0.2, 0.25) is 5.02 Å². The fourth-order valence-corrected chi connectivity index (χ4v) is 4.41. The second-order valence-corrected chi connectivity index (χ2v) is 9.35. The van der Waals surface area contributed by atoms with Crippen molar-refractivity contribution in [2.45, 2.75) is 25.8 Å². The molecule has 0 aliphatic carbocycles. The molecule has 0 fully saturated rings. The molecule has 1 amide bonds. The number of hydrogen-bond acceptors (Lipinski definition) is 6. The van der Waals surface area contributed by atoms with Gasteiger partial charge in [-0.3, -0.25) is 14.4 Å². The van der Waals surface area contributed by atoms with Gasteiger partial charge in [0.05, 0.1) is 22.3 Å². The Kier molecular flexibility index (Phi) is 7.71. The van der Waals surface area contributed by atoms with Crippen LogP contribution in [0.5, 0.6) is 5.88 Å². The topological polar surface area (TPSA) is 128 Å². The minimum atomic E-state index is -3.04. The van der Waals surface area contributed by atoms with Crippen LogP contribution in [0.1, 0.15) is 49.8 Å². The lowest BCUT2D eigenvalue weighted by Gasteiger charge is -2.20. The van der Waals surface area contributed by atoms with Crippen molar-refractivity contribution in [3.63, 3.8) is 0 Å². The van der Waals surface area contributed by atoms with Crippen molar-refractivity contribution in [3.05, 3.63) is 111 Å². The normalized spacial score (nSPS) is 12.9. The predicted molar refractivity (Wildman–Crippen MR) is 151 cm³/mol. The van der Waals surface area contributed by atoms with Gasteiger partial charge in [0.25, 0.3) is 5.56 Å². The summed E-state index contributed by atoms with van der Waals surface area (Å²) < 4.78 is 43.3. The maximum atomic E-state index is 14.3. The van der Waals surface area contributed by atoms with E-state index in [4.69, 9.17) is 25.6 Å². The van der Waals surface area contributed by atoms with Crippen LogP contribution in [-0.4, -0.2) is 39.6 Å². The standard InChI is InChI=1S/C30H25ClFN3O6/c1-3-26(36)20-11-9-18(31)14-22(20)23-16-27(37)35(34-29(23)41-2)25(13-17-7-5-4-6-8-17)28(38)33-19-10-12-21(30(39)40)24(32)15-19/h4-12,14-16,25H,3,13H2,1-2H3,(H,33,38)(H,39,40)/t25-/m0/s1/i2D3. The van der Waals surface area contributed by atoms with Gasteiger partial charge in [0.1, 0.15) is 11.9 Å². The number of anilines is 1. The molecular formula is C30H25ClFN3O6. The molecule has 0 bridgehead atoms. The molecule has 0 saturated heterocycles. The van der Waals surface area contributed by atoms with Crippen LogP contribution in [-0.2, 0) is 11.2 Å². The van der Waals surface area contributed by atoms with E-state index >= 15 is 0 Å². The first kappa shape index (κ1) is 25.2. The molecule has 0 aliphatic heterocycles. The van der Waals surface area contributed by atoms with Gasteiger partial charge in [-0.15, -0.1) is 5.10 Å². The zero-order chi connectivity index (χ0) is 32.2. The molecule has 4 aromatic rings. The van der Waals surface area contributed by atoms with Gasteiger partial charge in [0.2, 0.25) is 11.8 Å². The second-order valence-electron chi connectivity index (χ2n) is 8.91. The lowest BCUT2D eigenvalue weighted by molar-refractivity contribution is -0.119. The van der Waals surface area contributed by atoms with Crippen molar-refractivity contribution in [1.82, 2.24) is 9.78 Å². The number of rotatable bonds is 10. The molecule has 1 atom stereocenters. The summed E-state index contributed by atoms with van der Waals surface area (Å²) >= 11 is 6.19. The molecule has 210 valence electrons. The van der Waals surface area contributed by atoms with E-state index < -0.39 is 47.8 Å². The first-order valence-corrected chi connectivity index (χ1v) is 12.7. The van der Waals surface area contributed by atoms with E-state index in [0.29, 0.717) is 5.56 Å². The van der Waals surface area contributed by atoms with Crippen LogP contribution in [0.3, 0.4) is 0 Å². The van der Waals surface area contributed by atoms with Crippen molar-refractivity contribution >= 4 is 34.9 Å². The highest BCUT2D eigenvalue weighted by Gasteiger charge is 2.27. The van der Waals surface area contributed by atoms with E-state index in [-0.39, 0.29) is 46.0 Å². The van der Waals surface area contributed by atoms with Crippen LogP contribution in [0.25, 0.3) is 11.1 Å². The van der Waals surface area contributed by atoms with Crippen LogP contribution in [0.4, 0.5) is 10.1 Å². The van der Waals surface area contributed by atoms with Crippen LogP contribution in [0, 0.1) is 5.82 Å².